The molecule has 3 aromatic carbocycles. The summed E-state index contributed by atoms with van der Waals surface area (Å²) >= 11 is 0. The largest absolute Gasteiger partial charge is 0.497 e. The second-order valence-electron chi connectivity index (χ2n) is 7.18. The van der Waals surface area contributed by atoms with Gasteiger partial charge in [0.15, 0.2) is 0 Å². The summed E-state index contributed by atoms with van der Waals surface area (Å²) in [6, 6.07) is 24.2. The first-order valence-corrected chi connectivity index (χ1v) is 9.84. The SMILES string of the molecule is COc1ccc2c(c1)c1cc(OC)ccc1n2-c1ccc(C#N)c(-c2ccncc2)c1. The first kappa shape index (κ1) is 18.7. The first-order chi connectivity index (χ1) is 15.2. The Labute approximate surface area is 179 Å². The molecular weight excluding hydrogens is 386 g/mol. The first-order valence-electron chi connectivity index (χ1n) is 9.84. The number of benzene rings is 3. The van der Waals surface area contributed by atoms with Gasteiger partial charge in [-0.05, 0) is 72.3 Å². The Kier molecular flexibility index (Phi) is 4.53. The molecule has 0 aliphatic carbocycles. The molecule has 5 aromatic rings. The van der Waals surface area contributed by atoms with Crippen molar-refractivity contribution in [1.82, 2.24) is 9.55 Å². The van der Waals surface area contributed by atoms with Gasteiger partial charge in [0.2, 0.25) is 0 Å². The molecule has 5 rings (SSSR count). The van der Waals surface area contributed by atoms with Crippen molar-refractivity contribution < 1.29 is 9.47 Å². The highest BCUT2D eigenvalue weighted by Gasteiger charge is 2.16. The van der Waals surface area contributed by atoms with Crippen LogP contribution in [0.1, 0.15) is 5.56 Å². The average molecular weight is 405 g/mol. The van der Waals surface area contributed by atoms with Crippen molar-refractivity contribution in [2.24, 2.45) is 0 Å². The van der Waals surface area contributed by atoms with E-state index >= 15 is 0 Å². The minimum absolute atomic E-state index is 0.624. The summed E-state index contributed by atoms with van der Waals surface area (Å²) in [4.78, 5) is 4.10. The highest BCUT2D eigenvalue weighted by Crippen LogP contribution is 2.37. The van der Waals surface area contributed by atoms with Crippen molar-refractivity contribution in [3.63, 3.8) is 0 Å². The smallest absolute Gasteiger partial charge is 0.119 e. The summed E-state index contributed by atoms with van der Waals surface area (Å²) in [5.41, 5.74) is 5.53. The van der Waals surface area contributed by atoms with Gasteiger partial charge in [0.1, 0.15) is 11.5 Å². The van der Waals surface area contributed by atoms with Crippen LogP contribution >= 0.6 is 0 Å². The number of rotatable bonds is 4. The summed E-state index contributed by atoms with van der Waals surface area (Å²) in [6.45, 7) is 0. The van der Waals surface area contributed by atoms with Gasteiger partial charge in [-0.25, -0.2) is 0 Å². The van der Waals surface area contributed by atoms with E-state index in [0.717, 1.165) is 50.1 Å². The van der Waals surface area contributed by atoms with Crippen LogP contribution in [0.2, 0.25) is 0 Å². The van der Waals surface area contributed by atoms with E-state index in [1.54, 1.807) is 26.6 Å². The molecule has 0 amide bonds. The van der Waals surface area contributed by atoms with E-state index in [4.69, 9.17) is 9.47 Å². The topological polar surface area (TPSA) is 60.1 Å². The van der Waals surface area contributed by atoms with E-state index < -0.39 is 0 Å². The standard InChI is InChI=1S/C26H19N3O2/c1-30-20-5-7-25-23(14-20)24-15-21(31-2)6-8-26(24)29(25)19-4-3-18(16-27)22(13-19)17-9-11-28-12-10-17/h3-15H,1-2H3. The zero-order chi connectivity index (χ0) is 21.4. The molecule has 0 radical (unpaired) electrons. The van der Waals surface area contributed by atoms with Crippen LogP contribution in [-0.2, 0) is 0 Å². The lowest BCUT2D eigenvalue weighted by atomic mass is 10.0. The normalized spacial score (nSPS) is 10.9. The summed E-state index contributed by atoms with van der Waals surface area (Å²) in [6.07, 6.45) is 3.48. The predicted octanol–water partition coefficient (Wildman–Crippen LogP) is 5.73. The van der Waals surface area contributed by atoms with Crippen LogP contribution in [0.25, 0.3) is 38.6 Å². The fraction of sp³-hybridized carbons (Fsp3) is 0.0769. The molecule has 0 aliphatic heterocycles. The van der Waals surface area contributed by atoms with E-state index in [2.05, 4.69) is 33.8 Å². The molecule has 0 fully saturated rings. The molecule has 0 saturated carbocycles. The Morgan fingerprint density at radius 1 is 0.774 bits per heavy atom. The van der Waals surface area contributed by atoms with Crippen molar-refractivity contribution in [2.45, 2.75) is 0 Å². The maximum atomic E-state index is 9.66. The molecule has 5 nitrogen and oxygen atoms in total. The predicted molar refractivity (Wildman–Crippen MR) is 122 cm³/mol. The van der Waals surface area contributed by atoms with E-state index in [1.165, 1.54) is 0 Å². The lowest BCUT2D eigenvalue weighted by molar-refractivity contribution is 0.415. The Bertz CT molecular complexity index is 1400. The Hall–Kier alpha value is -4.30. The Balaban J connectivity index is 1.84. The number of nitriles is 1. The van der Waals surface area contributed by atoms with Crippen molar-refractivity contribution >= 4 is 21.8 Å². The maximum Gasteiger partial charge on any atom is 0.119 e. The minimum Gasteiger partial charge on any atom is -0.497 e. The number of methoxy groups -OCH3 is 2. The second-order valence-corrected chi connectivity index (χ2v) is 7.18. The summed E-state index contributed by atoms with van der Waals surface area (Å²) < 4.78 is 13.1. The molecule has 0 aliphatic rings. The van der Waals surface area contributed by atoms with Gasteiger partial charge >= 0.3 is 0 Å². The summed E-state index contributed by atoms with van der Waals surface area (Å²) in [5, 5.41) is 11.8. The van der Waals surface area contributed by atoms with Crippen molar-refractivity contribution in [2.75, 3.05) is 14.2 Å². The molecule has 0 N–H and O–H groups in total. The highest BCUT2D eigenvalue weighted by atomic mass is 16.5. The number of hydrogen-bond donors (Lipinski definition) is 0. The van der Waals surface area contributed by atoms with Crippen LogP contribution in [0.4, 0.5) is 0 Å². The van der Waals surface area contributed by atoms with E-state index in [-0.39, 0.29) is 0 Å². The number of nitrogens with zero attached hydrogens (tertiary/aromatic N) is 3. The number of fused-ring (bicyclic) bond motifs is 3. The number of hydrogen-bond acceptors (Lipinski definition) is 4. The van der Waals surface area contributed by atoms with Crippen molar-refractivity contribution in [3.8, 4) is 34.4 Å². The van der Waals surface area contributed by atoms with Gasteiger partial charge in [-0.3, -0.25) is 4.98 Å². The van der Waals surface area contributed by atoms with Crippen LogP contribution in [0.15, 0.2) is 79.1 Å². The summed E-state index contributed by atoms with van der Waals surface area (Å²) in [5.74, 6) is 1.60. The number of aromatic nitrogens is 2. The summed E-state index contributed by atoms with van der Waals surface area (Å²) in [7, 11) is 3.34. The van der Waals surface area contributed by atoms with Crippen molar-refractivity contribution in [3.05, 3.63) is 84.7 Å². The van der Waals surface area contributed by atoms with Gasteiger partial charge in [-0.15, -0.1) is 0 Å². The van der Waals surface area contributed by atoms with Crippen molar-refractivity contribution in [1.29, 1.82) is 5.26 Å². The third-order valence-corrected chi connectivity index (χ3v) is 5.55. The average Bonchev–Trinajstić information content (AvgIpc) is 3.16. The van der Waals surface area contributed by atoms with Gasteiger partial charge in [0.25, 0.3) is 0 Å². The molecule has 0 bridgehead atoms. The molecule has 2 aromatic heterocycles. The Morgan fingerprint density at radius 3 is 1.94 bits per heavy atom. The fourth-order valence-electron chi connectivity index (χ4n) is 4.05. The molecule has 5 heteroatoms. The third-order valence-electron chi connectivity index (χ3n) is 5.55. The second kappa shape index (κ2) is 7.51. The zero-order valence-electron chi connectivity index (χ0n) is 17.2. The maximum absolute atomic E-state index is 9.66. The van der Waals surface area contributed by atoms with Crippen LogP contribution in [-0.4, -0.2) is 23.8 Å². The lowest BCUT2D eigenvalue weighted by Crippen LogP contribution is -1.96. The van der Waals surface area contributed by atoms with Gasteiger partial charge < -0.3 is 14.0 Å². The van der Waals surface area contributed by atoms with E-state index in [0.29, 0.717) is 5.56 Å². The van der Waals surface area contributed by atoms with Crippen LogP contribution < -0.4 is 9.47 Å². The van der Waals surface area contributed by atoms with Crippen LogP contribution in [0.5, 0.6) is 11.5 Å². The molecule has 0 saturated heterocycles. The monoisotopic (exact) mass is 405 g/mol. The van der Waals surface area contributed by atoms with E-state index in [9.17, 15) is 5.26 Å². The van der Waals surface area contributed by atoms with Gasteiger partial charge in [0, 0.05) is 34.4 Å². The molecule has 0 unspecified atom stereocenters. The minimum atomic E-state index is 0.624. The van der Waals surface area contributed by atoms with Crippen LogP contribution in [0.3, 0.4) is 0 Å². The number of pyridine rings is 1. The third kappa shape index (κ3) is 3.06. The van der Waals surface area contributed by atoms with Gasteiger partial charge in [-0.2, -0.15) is 5.26 Å². The van der Waals surface area contributed by atoms with E-state index in [1.807, 2.05) is 48.5 Å². The number of ether oxygens (including phenoxy) is 2. The Morgan fingerprint density at radius 2 is 1.39 bits per heavy atom. The fourth-order valence-corrected chi connectivity index (χ4v) is 4.05. The molecular formula is C26H19N3O2. The molecule has 0 spiro atoms. The lowest BCUT2D eigenvalue weighted by Gasteiger charge is -2.12. The molecule has 31 heavy (non-hydrogen) atoms. The zero-order valence-corrected chi connectivity index (χ0v) is 17.2. The highest BCUT2D eigenvalue weighted by molar-refractivity contribution is 6.10. The van der Waals surface area contributed by atoms with Gasteiger partial charge in [-0.1, -0.05) is 0 Å². The van der Waals surface area contributed by atoms with Crippen LogP contribution in [0, 0.1) is 11.3 Å². The molecule has 2 heterocycles. The quantitative estimate of drug-likeness (QED) is 0.383. The van der Waals surface area contributed by atoms with Gasteiger partial charge in [0.05, 0.1) is 36.9 Å². The molecule has 150 valence electrons. The molecule has 0 atom stereocenters.